The molecule has 3 aliphatic rings. The summed E-state index contributed by atoms with van der Waals surface area (Å²) in [6.07, 6.45) is 0. The van der Waals surface area contributed by atoms with Gasteiger partial charge in [-0.15, -0.1) is 0 Å². The number of rotatable bonds is 0. The van der Waals surface area contributed by atoms with E-state index in [1.54, 1.807) is 27.4 Å². The Labute approximate surface area is 144 Å². The predicted octanol–water partition coefficient (Wildman–Crippen LogP) is 2.03. The van der Waals surface area contributed by atoms with Crippen LogP contribution in [-0.2, 0) is 19.6 Å². The fourth-order valence-electron chi connectivity index (χ4n) is 4.03. The van der Waals surface area contributed by atoms with Crippen LogP contribution < -0.4 is 10.7 Å². The van der Waals surface area contributed by atoms with Gasteiger partial charge in [-0.1, -0.05) is 0 Å². The second-order valence-electron chi connectivity index (χ2n) is 6.49. The average molecular weight is 403 g/mol. The van der Waals surface area contributed by atoms with Crippen molar-refractivity contribution in [3.8, 4) is 0 Å². The van der Waals surface area contributed by atoms with E-state index in [0.717, 1.165) is 19.6 Å². The summed E-state index contributed by atoms with van der Waals surface area (Å²) in [4.78, 5) is 2.61. The molecule has 23 heavy (non-hydrogen) atoms. The van der Waals surface area contributed by atoms with Gasteiger partial charge in [0.15, 0.2) is 0 Å². The average Bonchev–Trinajstić information content (AvgIpc) is 2.55. The van der Waals surface area contributed by atoms with Crippen molar-refractivity contribution in [1.82, 2.24) is 4.90 Å². The Morgan fingerprint density at radius 3 is 1.26 bits per heavy atom. The van der Waals surface area contributed by atoms with E-state index in [-0.39, 0.29) is 0 Å². The van der Waals surface area contributed by atoms with Crippen molar-refractivity contribution < 1.29 is 0 Å². The van der Waals surface area contributed by atoms with Crippen molar-refractivity contribution >= 4 is 30.5 Å². The van der Waals surface area contributed by atoms with E-state index in [0.29, 0.717) is 0 Å². The maximum atomic E-state index is 2.61. The molecule has 6 rings (SSSR count). The van der Waals surface area contributed by atoms with Crippen molar-refractivity contribution in [1.29, 1.82) is 0 Å². The third-order valence-electron chi connectivity index (χ3n) is 5.04. The monoisotopic (exact) mass is 404 g/mol. The van der Waals surface area contributed by atoms with Gasteiger partial charge in [0.2, 0.25) is 0 Å². The molecule has 110 valence electrons. The minimum atomic E-state index is -2.11. The van der Waals surface area contributed by atoms with Crippen LogP contribution in [0.3, 0.4) is 0 Å². The van der Waals surface area contributed by atoms with E-state index in [1.807, 2.05) is 0 Å². The van der Waals surface area contributed by atoms with E-state index < -0.39 is 19.8 Å². The molecule has 2 heteroatoms. The quantitative estimate of drug-likeness (QED) is 0.520. The molecule has 0 saturated heterocycles. The van der Waals surface area contributed by atoms with Crippen LogP contribution in [0.1, 0.15) is 16.7 Å². The van der Waals surface area contributed by atoms with Gasteiger partial charge in [0.1, 0.15) is 0 Å². The first-order valence-electron chi connectivity index (χ1n) is 8.24. The Morgan fingerprint density at radius 1 is 0.522 bits per heavy atom. The van der Waals surface area contributed by atoms with Crippen molar-refractivity contribution in [3.05, 3.63) is 89.5 Å². The molecule has 1 nitrogen and oxygen atoms in total. The maximum absolute atomic E-state index is 2.61. The van der Waals surface area contributed by atoms with Crippen molar-refractivity contribution in [3.63, 3.8) is 0 Å². The second kappa shape index (κ2) is 5.50. The van der Waals surface area contributed by atoms with Gasteiger partial charge in [-0.25, -0.2) is 0 Å². The summed E-state index contributed by atoms with van der Waals surface area (Å²) < 4.78 is 5.00. The Kier molecular flexibility index (Phi) is 3.30. The number of hydrogen-bond acceptors (Lipinski definition) is 1. The summed E-state index contributed by atoms with van der Waals surface area (Å²) in [6, 6.07) is 27.6. The number of nitrogens with zero attached hydrogens (tertiary/aromatic N) is 1. The number of hydrogen-bond donors (Lipinski definition) is 0. The minimum absolute atomic E-state index is 1.09. The summed E-state index contributed by atoms with van der Waals surface area (Å²) >= 11 is -2.11. The zero-order chi connectivity index (χ0) is 15.2. The molecule has 0 fully saturated rings. The van der Waals surface area contributed by atoms with Crippen molar-refractivity contribution in [2.45, 2.75) is 19.6 Å². The van der Waals surface area contributed by atoms with E-state index in [9.17, 15) is 0 Å². The van der Waals surface area contributed by atoms with Crippen LogP contribution in [0.2, 0.25) is 0 Å². The number of benzene rings is 3. The summed E-state index contributed by atoms with van der Waals surface area (Å²) in [5.41, 5.74) is 4.68. The first-order chi connectivity index (χ1) is 11.4. The molecule has 0 aliphatic carbocycles. The standard InChI is InChI=1S/C21H18N.Sn/c1-4-10-19(11-5-1)16-22(17-20-12-6-2-7-13-20)18-21-14-8-3-9-15-21;/h1-10,12,14H,16-18H2;/q;+1. The fourth-order valence-corrected chi connectivity index (χ4v) is 12.9. The molecule has 3 heterocycles. The zero-order valence-electron chi connectivity index (χ0n) is 13.0. The van der Waals surface area contributed by atoms with Crippen molar-refractivity contribution in [2.75, 3.05) is 0 Å². The molecule has 0 saturated carbocycles. The van der Waals surface area contributed by atoms with E-state index >= 15 is 0 Å². The molecule has 0 unspecified atom stereocenters. The summed E-state index contributed by atoms with van der Waals surface area (Å²) in [5, 5.41) is 0. The van der Waals surface area contributed by atoms with Gasteiger partial charge in [0, 0.05) is 0 Å². The fraction of sp³-hybridized carbons (Fsp3) is 0.143. The molecule has 0 aromatic heterocycles. The van der Waals surface area contributed by atoms with Gasteiger partial charge in [-0.2, -0.15) is 0 Å². The van der Waals surface area contributed by atoms with Gasteiger partial charge in [-0.05, 0) is 0 Å². The van der Waals surface area contributed by atoms with Crippen LogP contribution >= 0.6 is 0 Å². The van der Waals surface area contributed by atoms with Gasteiger partial charge < -0.3 is 0 Å². The van der Waals surface area contributed by atoms with E-state index in [2.05, 4.69) is 77.7 Å². The third-order valence-corrected chi connectivity index (χ3v) is 13.8. The molecule has 0 spiro atoms. The van der Waals surface area contributed by atoms with E-state index in [1.165, 1.54) is 0 Å². The second-order valence-corrected chi connectivity index (χ2v) is 13.2. The zero-order valence-corrected chi connectivity index (χ0v) is 15.9. The van der Waals surface area contributed by atoms with Crippen LogP contribution in [0.25, 0.3) is 0 Å². The van der Waals surface area contributed by atoms with Crippen LogP contribution in [-0.4, -0.2) is 24.7 Å². The van der Waals surface area contributed by atoms with Gasteiger partial charge in [0.25, 0.3) is 0 Å². The predicted molar refractivity (Wildman–Crippen MR) is 96.9 cm³/mol. The molecular weight excluding hydrogens is 385 g/mol. The van der Waals surface area contributed by atoms with E-state index in [4.69, 9.17) is 0 Å². The topological polar surface area (TPSA) is 3.24 Å². The Hall–Kier alpha value is -1.58. The SMILES string of the molecule is c1cc[c]2c(c1)CN1Cc3cccc[c]3[Sn+]2[c]2ccccc2C1. The summed E-state index contributed by atoms with van der Waals surface area (Å²) in [6.45, 7) is 3.26. The normalized spacial score (nSPS) is 15.9. The van der Waals surface area contributed by atoms with Gasteiger partial charge >= 0.3 is 145 Å². The molecule has 2 bridgehead atoms. The first kappa shape index (κ1) is 13.8. The van der Waals surface area contributed by atoms with Gasteiger partial charge in [-0.3, -0.25) is 0 Å². The molecular formula is C21H18NSn+. The Morgan fingerprint density at radius 2 is 0.870 bits per heavy atom. The van der Waals surface area contributed by atoms with Crippen molar-refractivity contribution in [2.24, 2.45) is 0 Å². The molecule has 0 atom stereocenters. The molecule has 0 radical (unpaired) electrons. The van der Waals surface area contributed by atoms with Crippen LogP contribution in [0.5, 0.6) is 0 Å². The summed E-state index contributed by atoms with van der Waals surface area (Å²) in [7, 11) is 0. The molecule has 0 amide bonds. The molecule has 3 aliphatic heterocycles. The third kappa shape index (κ3) is 2.26. The summed E-state index contributed by atoms with van der Waals surface area (Å²) in [5.74, 6) is 0. The van der Waals surface area contributed by atoms with Gasteiger partial charge in [0.05, 0.1) is 0 Å². The first-order valence-corrected chi connectivity index (χ1v) is 12.5. The van der Waals surface area contributed by atoms with Crippen LogP contribution in [0.15, 0.2) is 72.8 Å². The Balaban J connectivity index is 1.88. The van der Waals surface area contributed by atoms with Crippen LogP contribution in [0.4, 0.5) is 0 Å². The Bertz CT molecular complexity index is 769. The molecule has 0 N–H and O–H groups in total. The molecule has 3 aromatic rings. The van der Waals surface area contributed by atoms with Crippen LogP contribution in [0, 0.1) is 0 Å². The molecule has 3 aromatic carbocycles.